The molecule has 1 N–H and O–H groups in total. The summed E-state index contributed by atoms with van der Waals surface area (Å²) in [6.07, 6.45) is 0. The zero-order valence-corrected chi connectivity index (χ0v) is 7.78. The molecule has 0 saturated heterocycles. The molecule has 0 amide bonds. The van der Waals surface area contributed by atoms with Crippen LogP contribution in [-0.4, -0.2) is 14.9 Å². The predicted octanol–water partition coefficient (Wildman–Crippen LogP) is 1.37. The molecule has 0 saturated carbocycles. The highest BCUT2D eigenvalue weighted by atomic mass is 16.3. The number of aryl methyl sites for hydroxylation is 2. The summed E-state index contributed by atoms with van der Waals surface area (Å²) in [6.45, 7) is 2.07. The van der Waals surface area contributed by atoms with E-state index in [1.807, 2.05) is 36.9 Å². The van der Waals surface area contributed by atoms with E-state index in [1.165, 1.54) is 0 Å². The lowest BCUT2D eigenvalue weighted by Gasteiger charge is -1.97. The molecule has 3 nitrogen and oxygen atoms in total. The molecule has 1 aromatic carbocycles. The number of fused-ring (bicyclic) bond motifs is 1. The van der Waals surface area contributed by atoms with Gasteiger partial charge in [-0.05, 0) is 18.6 Å². The zero-order chi connectivity index (χ0) is 9.42. The molecular formula is C10H12N2O. The van der Waals surface area contributed by atoms with Gasteiger partial charge < -0.3 is 5.11 Å². The molecule has 0 aliphatic rings. The number of benzene rings is 1. The van der Waals surface area contributed by atoms with Crippen LogP contribution < -0.4 is 0 Å². The highest BCUT2D eigenvalue weighted by molar-refractivity contribution is 5.82. The molecule has 0 unspecified atom stereocenters. The topological polar surface area (TPSA) is 38.0 Å². The Morgan fingerprint density at radius 2 is 2.23 bits per heavy atom. The fraction of sp³-hybridized carbons (Fsp3) is 0.300. The molecule has 0 aliphatic carbocycles. The summed E-state index contributed by atoms with van der Waals surface area (Å²) in [5, 5.41) is 14.4. The van der Waals surface area contributed by atoms with E-state index >= 15 is 0 Å². The van der Waals surface area contributed by atoms with Crippen molar-refractivity contribution in [1.82, 2.24) is 9.78 Å². The lowest BCUT2D eigenvalue weighted by molar-refractivity contribution is 0.282. The van der Waals surface area contributed by atoms with E-state index in [4.69, 9.17) is 5.11 Å². The minimum absolute atomic E-state index is 0.0835. The number of aliphatic hydroxyl groups excluding tert-OH is 1. The second-order valence-electron chi connectivity index (χ2n) is 3.22. The summed E-state index contributed by atoms with van der Waals surface area (Å²) in [5.74, 6) is 0. The van der Waals surface area contributed by atoms with Gasteiger partial charge >= 0.3 is 0 Å². The number of nitrogens with zero attached hydrogens (tertiary/aromatic N) is 2. The standard InChI is InChI=1S/C10H12N2O/c1-7-9-4-3-8(6-13)5-10(9)12(2)11-7/h3-5,13H,6H2,1-2H3. The maximum Gasteiger partial charge on any atom is 0.0685 e. The van der Waals surface area contributed by atoms with Crippen LogP contribution in [0, 0.1) is 6.92 Å². The van der Waals surface area contributed by atoms with E-state index in [1.54, 1.807) is 0 Å². The van der Waals surface area contributed by atoms with Gasteiger partial charge in [0, 0.05) is 12.4 Å². The van der Waals surface area contributed by atoms with Gasteiger partial charge in [0.15, 0.2) is 0 Å². The third kappa shape index (κ3) is 1.21. The first kappa shape index (κ1) is 8.26. The van der Waals surface area contributed by atoms with Crippen molar-refractivity contribution in [1.29, 1.82) is 0 Å². The van der Waals surface area contributed by atoms with Gasteiger partial charge in [-0.2, -0.15) is 5.10 Å². The summed E-state index contributed by atoms with van der Waals surface area (Å²) in [6, 6.07) is 5.90. The molecule has 13 heavy (non-hydrogen) atoms. The highest BCUT2D eigenvalue weighted by Crippen LogP contribution is 2.18. The monoisotopic (exact) mass is 176 g/mol. The van der Waals surface area contributed by atoms with E-state index in [0.717, 1.165) is 22.2 Å². The Morgan fingerprint density at radius 1 is 1.46 bits per heavy atom. The van der Waals surface area contributed by atoms with Crippen molar-refractivity contribution in [2.24, 2.45) is 7.05 Å². The van der Waals surface area contributed by atoms with Crippen LogP contribution in [-0.2, 0) is 13.7 Å². The predicted molar refractivity (Wildman–Crippen MR) is 51.4 cm³/mol. The normalized spacial score (nSPS) is 11.0. The molecule has 0 aliphatic heterocycles. The Bertz CT molecular complexity index is 445. The van der Waals surface area contributed by atoms with Gasteiger partial charge in [0.1, 0.15) is 0 Å². The number of rotatable bonds is 1. The Hall–Kier alpha value is -1.35. The van der Waals surface area contributed by atoms with Gasteiger partial charge in [0.25, 0.3) is 0 Å². The van der Waals surface area contributed by atoms with Crippen LogP contribution in [0.5, 0.6) is 0 Å². The van der Waals surface area contributed by atoms with Gasteiger partial charge in [0.2, 0.25) is 0 Å². The third-order valence-corrected chi connectivity index (χ3v) is 2.28. The van der Waals surface area contributed by atoms with Crippen LogP contribution >= 0.6 is 0 Å². The van der Waals surface area contributed by atoms with Crippen molar-refractivity contribution < 1.29 is 5.11 Å². The van der Waals surface area contributed by atoms with E-state index in [0.29, 0.717) is 0 Å². The Morgan fingerprint density at radius 3 is 2.92 bits per heavy atom. The number of hydrogen-bond donors (Lipinski definition) is 1. The van der Waals surface area contributed by atoms with E-state index in [9.17, 15) is 0 Å². The highest BCUT2D eigenvalue weighted by Gasteiger charge is 2.04. The van der Waals surface area contributed by atoms with Crippen LogP contribution in [0.1, 0.15) is 11.3 Å². The molecule has 0 radical (unpaired) electrons. The van der Waals surface area contributed by atoms with Gasteiger partial charge in [-0.1, -0.05) is 12.1 Å². The van der Waals surface area contributed by atoms with Crippen molar-refractivity contribution in [3.63, 3.8) is 0 Å². The van der Waals surface area contributed by atoms with Crippen molar-refractivity contribution >= 4 is 10.9 Å². The van der Waals surface area contributed by atoms with Gasteiger partial charge in [0.05, 0.1) is 17.8 Å². The lowest BCUT2D eigenvalue weighted by atomic mass is 10.1. The molecule has 3 heteroatoms. The first-order valence-corrected chi connectivity index (χ1v) is 4.25. The molecule has 2 rings (SSSR count). The van der Waals surface area contributed by atoms with Crippen LogP contribution in [0.15, 0.2) is 18.2 Å². The number of hydrogen-bond acceptors (Lipinski definition) is 2. The van der Waals surface area contributed by atoms with Crippen LogP contribution in [0.25, 0.3) is 10.9 Å². The fourth-order valence-corrected chi connectivity index (χ4v) is 1.58. The van der Waals surface area contributed by atoms with Crippen LogP contribution in [0.2, 0.25) is 0 Å². The summed E-state index contributed by atoms with van der Waals surface area (Å²) in [4.78, 5) is 0. The van der Waals surface area contributed by atoms with E-state index in [-0.39, 0.29) is 6.61 Å². The maximum atomic E-state index is 8.97. The lowest BCUT2D eigenvalue weighted by Crippen LogP contribution is -1.90. The largest absolute Gasteiger partial charge is 0.392 e. The Labute approximate surface area is 76.6 Å². The summed E-state index contributed by atoms with van der Waals surface area (Å²) >= 11 is 0. The molecule has 0 bridgehead atoms. The van der Waals surface area contributed by atoms with Crippen molar-refractivity contribution in [3.8, 4) is 0 Å². The molecule has 68 valence electrons. The average molecular weight is 176 g/mol. The third-order valence-electron chi connectivity index (χ3n) is 2.28. The second kappa shape index (κ2) is 2.85. The van der Waals surface area contributed by atoms with Crippen molar-refractivity contribution in [2.75, 3.05) is 0 Å². The Balaban J connectivity index is 2.76. The van der Waals surface area contributed by atoms with Gasteiger partial charge in [-0.25, -0.2) is 0 Å². The molecule has 0 spiro atoms. The zero-order valence-electron chi connectivity index (χ0n) is 7.78. The molecular weight excluding hydrogens is 164 g/mol. The van der Waals surface area contributed by atoms with Gasteiger partial charge in [-0.3, -0.25) is 4.68 Å². The number of aromatic nitrogens is 2. The fourth-order valence-electron chi connectivity index (χ4n) is 1.58. The molecule has 2 aromatic rings. The van der Waals surface area contributed by atoms with Crippen molar-refractivity contribution in [2.45, 2.75) is 13.5 Å². The SMILES string of the molecule is Cc1nn(C)c2cc(CO)ccc12. The average Bonchev–Trinajstić information content (AvgIpc) is 2.42. The van der Waals surface area contributed by atoms with Crippen molar-refractivity contribution in [3.05, 3.63) is 29.5 Å². The molecule has 1 heterocycles. The number of aliphatic hydroxyl groups is 1. The first-order valence-electron chi connectivity index (χ1n) is 4.25. The summed E-state index contributed by atoms with van der Waals surface area (Å²) in [7, 11) is 1.91. The second-order valence-corrected chi connectivity index (χ2v) is 3.22. The molecule has 1 aromatic heterocycles. The smallest absolute Gasteiger partial charge is 0.0685 e. The molecule has 0 atom stereocenters. The molecule has 0 fully saturated rings. The first-order chi connectivity index (χ1) is 6.22. The van der Waals surface area contributed by atoms with E-state index in [2.05, 4.69) is 5.10 Å². The van der Waals surface area contributed by atoms with Gasteiger partial charge in [-0.15, -0.1) is 0 Å². The summed E-state index contributed by atoms with van der Waals surface area (Å²) in [5.41, 5.74) is 3.03. The van der Waals surface area contributed by atoms with Crippen LogP contribution in [0.3, 0.4) is 0 Å². The minimum atomic E-state index is 0.0835. The minimum Gasteiger partial charge on any atom is -0.392 e. The summed E-state index contributed by atoms with van der Waals surface area (Å²) < 4.78 is 1.84. The quantitative estimate of drug-likeness (QED) is 0.712. The maximum absolute atomic E-state index is 8.97. The van der Waals surface area contributed by atoms with E-state index < -0.39 is 0 Å². The Kier molecular flexibility index (Phi) is 1.81. The van der Waals surface area contributed by atoms with Crippen LogP contribution in [0.4, 0.5) is 0 Å².